The summed E-state index contributed by atoms with van der Waals surface area (Å²) in [4.78, 5) is 25.5. The van der Waals surface area contributed by atoms with E-state index in [2.05, 4.69) is 10.1 Å². The minimum atomic E-state index is 0.0387. The third-order valence-corrected chi connectivity index (χ3v) is 7.01. The predicted octanol–water partition coefficient (Wildman–Crippen LogP) is 3.54. The molecule has 3 aromatic heterocycles. The summed E-state index contributed by atoms with van der Waals surface area (Å²) in [5.41, 5.74) is 4.04. The smallest absolute Gasteiger partial charge is 0.226 e. The highest BCUT2D eigenvalue weighted by atomic mass is 32.1. The van der Waals surface area contributed by atoms with Gasteiger partial charge in [0.15, 0.2) is 0 Å². The van der Waals surface area contributed by atoms with E-state index >= 15 is 0 Å². The van der Waals surface area contributed by atoms with E-state index in [1.165, 1.54) is 4.88 Å². The molecule has 0 saturated carbocycles. The van der Waals surface area contributed by atoms with E-state index in [0.29, 0.717) is 5.92 Å². The van der Waals surface area contributed by atoms with Crippen molar-refractivity contribution >= 4 is 17.2 Å². The van der Waals surface area contributed by atoms with Crippen LogP contribution in [0.3, 0.4) is 0 Å². The van der Waals surface area contributed by atoms with E-state index in [0.717, 1.165) is 65.8 Å². The van der Waals surface area contributed by atoms with Crippen LogP contribution in [0.2, 0.25) is 0 Å². The molecule has 6 nitrogen and oxygen atoms in total. The van der Waals surface area contributed by atoms with Crippen LogP contribution in [0.4, 0.5) is 0 Å². The fraction of sp³-hybridized carbons (Fsp3) is 0.429. The fourth-order valence-corrected chi connectivity index (χ4v) is 5.46. The molecule has 1 aliphatic carbocycles. The molecule has 1 saturated heterocycles. The number of fused-ring (bicyclic) bond motifs is 1. The highest BCUT2D eigenvalue weighted by Gasteiger charge is 2.37. The molecule has 5 rings (SSSR count). The van der Waals surface area contributed by atoms with Crippen LogP contribution in [0.5, 0.6) is 0 Å². The van der Waals surface area contributed by atoms with Gasteiger partial charge in [-0.1, -0.05) is 11.2 Å². The molecular formula is C21H22N4O2S. The lowest BCUT2D eigenvalue weighted by atomic mass is 9.87. The highest BCUT2D eigenvalue weighted by molar-refractivity contribution is 7.15. The van der Waals surface area contributed by atoms with Gasteiger partial charge < -0.3 is 9.42 Å². The van der Waals surface area contributed by atoms with Gasteiger partial charge in [-0.05, 0) is 38.8 Å². The number of aryl methyl sites for hydroxylation is 3. The average Bonchev–Trinajstić information content (AvgIpc) is 3.23. The minimum absolute atomic E-state index is 0.0387. The first-order valence-corrected chi connectivity index (χ1v) is 10.5. The molecule has 0 N–H and O–H groups in total. The molecule has 28 heavy (non-hydrogen) atoms. The number of hydrogen-bond donors (Lipinski definition) is 0. The Bertz CT molecular complexity index is 1000. The molecular weight excluding hydrogens is 372 g/mol. The molecule has 0 radical (unpaired) electrons. The topological polar surface area (TPSA) is 72.1 Å². The van der Waals surface area contributed by atoms with Gasteiger partial charge in [0.2, 0.25) is 5.91 Å². The standard InChI is InChI=1S/C21H22N4O2S/c1-12-19(13(2)27-24-12)20-23-17-9-14(6-7-18(17)28-20)21(26)25-10-15(11-25)16-5-3-4-8-22-16/h3-5,8,14-15H,6-7,9-11H2,1-2H3. The molecule has 1 amide bonds. The van der Waals surface area contributed by atoms with Crippen molar-refractivity contribution in [2.75, 3.05) is 13.1 Å². The fourth-order valence-electron chi connectivity index (χ4n) is 4.21. The molecule has 7 heteroatoms. The van der Waals surface area contributed by atoms with E-state index in [9.17, 15) is 4.79 Å². The Morgan fingerprint density at radius 2 is 2.14 bits per heavy atom. The maximum atomic E-state index is 13.0. The monoisotopic (exact) mass is 394 g/mol. The summed E-state index contributed by atoms with van der Waals surface area (Å²) in [6, 6.07) is 5.98. The quantitative estimate of drug-likeness (QED) is 0.679. The Kier molecular flexibility index (Phi) is 4.27. The van der Waals surface area contributed by atoms with E-state index in [4.69, 9.17) is 9.51 Å². The van der Waals surface area contributed by atoms with Crippen LogP contribution < -0.4 is 0 Å². The molecule has 144 valence electrons. The van der Waals surface area contributed by atoms with Gasteiger partial charge in [-0.25, -0.2) is 4.98 Å². The van der Waals surface area contributed by atoms with Gasteiger partial charge in [0.05, 0.1) is 17.0 Å². The first-order valence-electron chi connectivity index (χ1n) is 9.71. The van der Waals surface area contributed by atoms with Crippen molar-refractivity contribution in [2.24, 2.45) is 5.92 Å². The summed E-state index contributed by atoms with van der Waals surface area (Å²) in [6.45, 7) is 5.42. The van der Waals surface area contributed by atoms with Crippen molar-refractivity contribution in [1.29, 1.82) is 0 Å². The molecule has 3 aromatic rings. The first kappa shape index (κ1) is 17.6. The van der Waals surface area contributed by atoms with Crippen molar-refractivity contribution in [3.63, 3.8) is 0 Å². The van der Waals surface area contributed by atoms with Crippen LogP contribution in [0.1, 0.15) is 40.1 Å². The number of nitrogens with zero attached hydrogens (tertiary/aromatic N) is 4. The largest absolute Gasteiger partial charge is 0.361 e. The second-order valence-corrected chi connectivity index (χ2v) is 8.81. The number of carbonyl (C=O) groups is 1. The lowest BCUT2D eigenvalue weighted by Gasteiger charge is -2.41. The van der Waals surface area contributed by atoms with Gasteiger partial charge >= 0.3 is 0 Å². The summed E-state index contributed by atoms with van der Waals surface area (Å²) >= 11 is 1.72. The van der Waals surface area contributed by atoms with Crippen molar-refractivity contribution in [1.82, 2.24) is 20.0 Å². The molecule has 2 aliphatic rings. The van der Waals surface area contributed by atoms with Crippen molar-refractivity contribution in [3.05, 3.63) is 52.1 Å². The van der Waals surface area contributed by atoms with Crippen LogP contribution >= 0.6 is 11.3 Å². The van der Waals surface area contributed by atoms with Gasteiger partial charge in [-0.2, -0.15) is 0 Å². The van der Waals surface area contributed by atoms with E-state index in [-0.39, 0.29) is 11.8 Å². The van der Waals surface area contributed by atoms with Crippen LogP contribution in [0.25, 0.3) is 10.6 Å². The molecule has 0 spiro atoms. The Morgan fingerprint density at radius 3 is 2.86 bits per heavy atom. The highest BCUT2D eigenvalue weighted by Crippen LogP contribution is 2.38. The maximum Gasteiger partial charge on any atom is 0.226 e. The number of rotatable bonds is 3. The number of aromatic nitrogens is 3. The van der Waals surface area contributed by atoms with Crippen molar-refractivity contribution < 1.29 is 9.32 Å². The number of hydrogen-bond acceptors (Lipinski definition) is 6. The Morgan fingerprint density at radius 1 is 1.29 bits per heavy atom. The minimum Gasteiger partial charge on any atom is -0.361 e. The molecule has 0 aromatic carbocycles. The van der Waals surface area contributed by atoms with E-state index in [1.807, 2.05) is 43.1 Å². The maximum absolute atomic E-state index is 13.0. The number of pyridine rings is 1. The molecule has 4 heterocycles. The lowest BCUT2D eigenvalue weighted by Crippen LogP contribution is -2.51. The summed E-state index contributed by atoms with van der Waals surface area (Å²) in [5, 5.41) is 5.01. The number of thiazole rings is 1. The summed E-state index contributed by atoms with van der Waals surface area (Å²) in [7, 11) is 0. The van der Waals surface area contributed by atoms with Crippen LogP contribution in [0.15, 0.2) is 28.9 Å². The second kappa shape index (κ2) is 6.81. The van der Waals surface area contributed by atoms with Crippen molar-refractivity contribution in [2.45, 2.75) is 39.0 Å². The van der Waals surface area contributed by atoms with E-state index in [1.54, 1.807) is 11.3 Å². The Labute approximate surface area is 167 Å². The second-order valence-electron chi connectivity index (χ2n) is 7.72. The lowest BCUT2D eigenvalue weighted by molar-refractivity contribution is -0.140. The Balaban J connectivity index is 1.27. The zero-order chi connectivity index (χ0) is 19.3. The summed E-state index contributed by atoms with van der Waals surface area (Å²) in [6.07, 6.45) is 4.38. The molecule has 1 atom stereocenters. The Hall–Kier alpha value is -2.54. The van der Waals surface area contributed by atoms with Gasteiger partial charge in [-0.15, -0.1) is 11.3 Å². The summed E-state index contributed by atoms with van der Waals surface area (Å²) in [5.74, 6) is 1.48. The van der Waals surface area contributed by atoms with Gasteiger partial charge in [0.1, 0.15) is 10.8 Å². The number of amides is 1. The predicted molar refractivity (Wildman–Crippen MR) is 106 cm³/mol. The molecule has 1 unspecified atom stereocenters. The van der Waals surface area contributed by atoms with E-state index < -0.39 is 0 Å². The number of likely N-dealkylation sites (tertiary alicyclic amines) is 1. The van der Waals surface area contributed by atoms with Gasteiger partial charge in [-0.3, -0.25) is 9.78 Å². The summed E-state index contributed by atoms with van der Waals surface area (Å²) < 4.78 is 5.29. The third-order valence-electron chi connectivity index (χ3n) is 5.83. The third kappa shape index (κ3) is 2.94. The van der Waals surface area contributed by atoms with Crippen molar-refractivity contribution in [3.8, 4) is 10.6 Å². The van der Waals surface area contributed by atoms with Crippen LogP contribution in [-0.2, 0) is 17.6 Å². The first-order chi connectivity index (χ1) is 13.6. The zero-order valence-corrected chi connectivity index (χ0v) is 16.8. The average molecular weight is 395 g/mol. The zero-order valence-electron chi connectivity index (χ0n) is 16.0. The molecule has 0 bridgehead atoms. The van der Waals surface area contributed by atoms with Crippen LogP contribution in [0, 0.1) is 19.8 Å². The van der Waals surface area contributed by atoms with Crippen LogP contribution in [-0.4, -0.2) is 39.0 Å². The SMILES string of the molecule is Cc1noc(C)c1-c1nc2c(s1)CCC(C(=O)N1CC(c3ccccn3)C1)C2. The normalized spacial score (nSPS) is 19.4. The molecule has 1 aliphatic heterocycles. The van der Waals surface area contributed by atoms with Gasteiger partial charge in [0, 0.05) is 48.1 Å². The molecule has 1 fully saturated rings. The number of carbonyl (C=O) groups excluding carboxylic acids is 1. The van der Waals surface area contributed by atoms with Gasteiger partial charge in [0.25, 0.3) is 0 Å².